The number of hydrogen-bond acceptors (Lipinski definition) is 6. The Morgan fingerprint density at radius 2 is 2.03 bits per heavy atom. The molecule has 2 aliphatic heterocycles. The van der Waals surface area contributed by atoms with Crippen molar-refractivity contribution in [2.45, 2.75) is 38.1 Å². The molecule has 10 heteroatoms. The summed E-state index contributed by atoms with van der Waals surface area (Å²) in [5, 5.41) is 18.9. The van der Waals surface area contributed by atoms with E-state index in [2.05, 4.69) is 50.1 Å². The van der Waals surface area contributed by atoms with Crippen LogP contribution in [0.1, 0.15) is 35.4 Å². The van der Waals surface area contributed by atoms with E-state index >= 15 is 0 Å². The molecule has 0 bridgehead atoms. The van der Waals surface area contributed by atoms with Crippen molar-refractivity contribution >= 4 is 6.03 Å². The SMILES string of the molecule is Cc1cccc([C@H]2CNC[C@@H](CN3CCC[C@@H](Cc4ccc(F)cc4)C3)[C@@H]2NC(N)=O)c1-c1nnnn1C. The first-order chi connectivity index (χ1) is 18.4. The highest BCUT2D eigenvalue weighted by atomic mass is 19.1. The molecule has 202 valence electrons. The van der Waals surface area contributed by atoms with Gasteiger partial charge in [-0.25, -0.2) is 13.9 Å². The van der Waals surface area contributed by atoms with Gasteiger partial charge in [-0.2, -0.15) is 0 Å². The molecule has 0 spiro atoms. The van der Waals surface area contributed by atoms with Crippen LogP contribution in [0.25, 0.3) is 11.4 Å². The largest absolute Gasteiger partial charge is 0.352 e. The number of amides is 2. The van der Waals surface area contributed by atoms with Crippen molar-refractivity contribution in [2.75, 3.05) is 32.7 Å². The molecule has 38 heavy (non-hydrogen) atoms. The number of nitrogens with zero attached hydrogens (tertiary/aromatic N) is 5. The van der Waals surface area contributed by atoms with Crippen molar-refractivity contribution in [3.8, 4) is 11.4 Å². The van der Waals surface area contributed by atoms with E-state index in [1.165, 1.54) is 12.0 Å². The van der Waals surface area contributed by atoms with Gasteiger partial charge in [0.1, 0.15) is 5.82 Å². The molecule has 4 atom stereocenters. The maximum Gasteiger partial charge on any atom is 0.312 e. The van der Waals surface area contributed by atoms with Crippen LogP contribution in [-0.2, 0) is 13.5 Å². The average molecular weight is 521 g/mol. The Labute approximate surface area is 223 Å². The predicted molar refractivity (Wildman–Crippen MR) is 144 cm³/mol. The zero-order valence-electron chi connectivity index (χ0n) is 22.1. The molecular formula is C28H37FN8O. The van der Waals surface area contributed by atoms with Gasteiger partial charge in [-0.05, 0) is 77.9 Å². The van der Waals surface area contributed by atoms with E-state index in [1.54, 1.807) is 16.8 Å². The number of urea groups is 1. The van der Waals surface area contributed by atoms with Gasteiger partial charge in [0.25, 0.3) is 0 Å². The normalized spacial score (nSPS) is 24.3. The highest BCUT2D eigenvalue weighted by molar-refractivity contribution is 5.72. The lowest BCUT2D eigenvalue weighted by Gasteiger charge is -2.43. The average Bonchev–Trinajstić information content (AvgIpc) is 3.31. The van der Waals surface area contributed by atoms with Gasteiger partial charge in [0.15, 0.2) is 5.82 Å². The fourth-order valence-electron chi connectivity index (χ4n) is 6.39. The van der Waals surface area contributed by atoms with Crippen molar-refractivity contribution in [1.29, 1.82) is 0 Å². The summed E-state index contributed by atoms with van der Waals surface area (Å²) in [5.41, 5.74) is 10.1. The van der Waals surface area contributed by atoms with Crippen LogP contribution in [0.15, 0.2) is 42.5 Å². The number of benzene rings is 2. The van der Waals surface area contributed by atoms with Gasteiger partial charge in [0.05, 0.1) is 0 Å². The third kappa shape index (κ3) is 5.86. The summed E-state index contributed by atoms with van der Waals surface area (Å²) in [6.45, 7) is 6.46. The maximum atomic E-state index is 13.4. The second kappa shape index (κ2) is 11.6. The monoisotopic (exact) mass is 520 g/mol. The van der Waals surface area contributed by atoms with E-state index in [0.717, 1.165) is 62.3 Å². The lowest BCUT2D eigenvalue weighted by molar-refractivity contribution is 0.122. The number of tetrazole rings is 1. The van der Waals surface area contributed by atoms with Crippen LogP contribution < -0.4 is 16.4 Å². The molecule has 2 fully saturated rings. The number of aromatic nitrogens is 4. The number of carbonyl (C=O) groups is 1. The Balaban J connectivity index is 1.36. The van der Waals surface area contributed by atoms with Crippen LogP contribution in [0.2, 0.25) is 0 Å². The number of likely N-dealkylation sites (tertiary alicyclic amines) is 1. The van der Waals surface area contributed by atoms with Gasteiger partial charge in [0, 0.05) is 56.7 Å². The van der Waals surface area contributed by atoms with Gasteiger partial charge < -0.3 is 21.3 Å². The number of hydrogen-bond donors (Lipinski definition) is 3. The molecule has 9 nitrogen and oxygen atoms in total. The van der Waals surface area contributed by atoms with E-state index in [9.17, 15) is 9.18 Å². The summed E-state index contributed by atoms with van der Waals surface area (Å²) in [7, 11) is 1.84. The first kappa shape index (κ1) is 26.2. The predicted octanol–water partition coefficient (Wildman–Crippen LogP) is 2.62. The fourth-order valence-corrected chi connectivity index (χ4v) is 6.39. The topological polar surface area (TPSA) is 114 Å². The van der Waals surface area contributed by atoms with Crippen molar-refractivity contribution in [1.82, 2.24) is 35.7 Å². The smallest absolute Gasteiger partial charge is 0.312 e. The van der Waals surface area contributed by atoms with Crippen LogP contribution in [0.4, 0.5) is 9.18 Å². The lowest BCUT2D eigenvalue weighted by Crippen LogP contribution is -2.58. The van der Waals surface area contributed by atoms with E-state index in [-0.39, 0.29) is 23.7 Å². The molecule has 3 aromatic rings. The van der Waals surface area contributed by atoms with Crippen molar-refractivity contribution in [3.05, 3.63) is 65.0 Å². The number of piperidine rings is 2. The van der Waals surface area contributed by atoms with Crippen molar-refractivity contribution < 1.29 is 9.18 Å². The third-order valence-corrected chi connectivity index (χ3v) is 8.10. The van der Waals surface area contributed by atoms with Gasteiger partial charge in [-0.1, -0.05) is 30.3 Å². The standard InChI is InChI=1S/C28H37FN8O/c1-18-5-3-7-23(25(18)27-33-34-35-36(27)2)24-15-31-14-21(26(24)32-28(30)38)17-37-12-4-6-20(16-37)13-19-8-10-22(29)11-9-19/h3,5,7-11,20-21,24,26,31H,4,6,12-17H2,1-2H3,(H3,30,32,38)/t20-,21-,24+,26-/m0/s1. The molecule has 3 heterocycles. The number of primary amides is 1. The van der Waals surface area contributed by atoms with E-state index in [0.29, 0.717) is 11.7 Å². The molecule has 2 saturated heterocycles. The van der Waals surface area contributed by atoms with Gasteiger partial charge in [-0.3, -0.25) is 0 Å². The van der Waals surface area contributed by atoms with E-state index < -0.39 is 6.03 Å². The number of halogens is 1. The Morgan fingerprint density at radius 3 is 2.76 bits per heavy atom. The van der Waals surface area contributed by atoms with Gasteiger partial charge in [0.2, 0.25) is 0 Å². The number of carbonyl (C=O) groups excluding carboxylic acids is 1. The zero-order chi connectivity index (χ0) is 26.6. The van der Waals surface area contributed by atoms with Crippen LogP contribution in [0.3, 0.4) is 0 Å². The molecule has 2 aromatic carbocycles. The molecule has 5 rings (SSSR count). The third-order valence-electron chi connectivity index (χ3n) is 8.10. The highest BCUT2D eigenvalue weighted by Gasteiger charge is 2.38. The Bertz CT molecular complexity index is 1250. The molecule has 0 radical (unpaired) electrons. The number of nitrogens with one attached hydrogen (secondary N) is 2. The van der Waals surface area contributed by atoms with Crippen LogP contribution >= 0.6 is 0 Å². The highest BCUT2D eigenvalue weighted by Crippen LogP contribution is 2.36. The summed E-state index contributed by atoms with van der Waals surface area (Å²) < 4.78 is 15.0. The summed E-state index contributed by atoms with van der Waals surface area (Å²) in [5.74, 6) is 1.22. The molecule has 0 aliphatic carbocycles. The van der Waals surface area contributed by atoms with E-state index in [1.807, 2.05) is 25.2 Å². The first-order valence-electron chi connectivity index (χ1n) is 13.4. The minimum Gasteiger partial charge on any atom is -0.352 e. The fraction of sp³-hybridized carbons (Fsp3) is 0.500. The van der Waals surface area contributed by atoms with Crippen LogP contribution in [0, 0.1) is 24.6 Å². The van der Waals surface area contributed by atoms with E-state index in [4.69, 9.17) is 5.73 Å². The Hall–Kier alpha value is -3.37. The molecule has 1 aromatic heterocycles. The summed E-state index contributed by atoms with van der Waals surface area (Å²) >= 11 is 0. The molecule has 4 N–H and O–H groups in total. The molecule has 0 unspecified atom stereocenters. The number of rotatable bonds is 7. The zero-order valence-corrected chi connectivity index (χ0v) is 22.1. The first-order valence-corrected chi connectivity index (χ1v) is 13.4. The summed E-state index contributed by atoms with van der Waals surface area (Å²) in [6, 6.07) is 12.5. The van der Waals surface area contributed by atoms with Gasteiger partial charge >= 0.3 is 6.03 Å². The minimum atomic E-state index is -0.505. The summed E-state index contributed by atoms with van der Waals surface area (Å²) in [4.78, 5) is 14.7. The van der Waals surface area contributed by atoms with Crippen LogP contribution in [0.5, 0.6) is 0 Å². The van der Waals surface area contributed by atoms with Gasteiger partial charge in [-0.15, -0.1) is 5.10 Å². The second-order valence-electron chi connectivity index (χ2n) is 10.8. The molecule has 0 saturated carbocycles. The minimum absolute atomic E-state index is 0.00709. The molecular weight excluding hydrogens is 483 g/mol. The second-order valence-corrected chi connectivity index (χ2v) is 10.8. The Kier molecular flexibility index (Phi) is 7.99. The summed E-state index contributed by atoms with van der Waals surface area (Å²) in [6.07, 6.45) is 3.25. The molecule has 2 aliphatic rings. The van der Waals surface area contributed by atoms with Crippen LogP contribution in [-0.4, -0.2) is 69.9 Å². The maximum absolute atomic E-state index is 13.4. The molecule has 2 amide bonds. The number of aryl methyl sites for hydroxylation is 2. The Morgan fingerprint density at radius 1 is 1.21 bits per heavy atom. The quantitative estimate of drug-likeness (QED) is 0.441. The van der Waals surface area contributed by atoms with Crippen molar-refractivity contribution in [3.63, 3.8) is 0 Å². The number of nitrogens with two attached hydrogens (primary N) is 1. The lowest BCUT2D eigenvalue weighted by atomic mass is 9.77. The van der Waals surface area contributed by atoms with Crippen molar-refractivity contribution in [2.24, 2.45) is 24.6 Å².